The molecule has 5 heteroatoms. The minimum absolute atomic E-state index is 0.438. The van der Waals surface area contributed by atoms with Crippen LogP contribution in [0.5, 0.6) is 0 Å². The summed E-state index contributed by atoms with van der Waals surface area (Å²) in [5.74, 6) is 1.68. The summed E-state index contributed by atoms with van der Waals surface area (Å²) in [6, 6.07) is 88.7. The maximum absolute atomic E-state index is 6.65. The molecule has 0 aliphatic heterocycles. The zero-order valence-electron chi connectivity index (χ0n) is 40.3. The third kappa shape index (κ3) is 6.10. The smallest absolute Gasteiger partial charge is 0.164 e. The van der Waals surface area contributed by atoms with Crippen LogP contribution < -0.4 is 0 Å². The van der Waals surface area contributed by atoms with Crippen LogP contribution in [0.1, 0.15) is 22.3 Å². The molecule has 3 aromatic heterocycles. The van der Waals surface area contributed by atoms with E-state index in [1.807, 2.05) is 48.5 Å². The third-order valence-electron chi connectivity index (χ3n) is 15.8. The Hall–Kier alpha value is -9.97. The minimum Gasteiger partial charge on any atom is -0.456 e. The lowest BCUT2D eigenvalue weighted by Gasteiger charge is -2.32. The van der Waals surface area contributed by atoms with E-state index in [1.165, 1.54) is 55.6 Å². The van der Waals surface area contributed by atoms with Crippen molar-refractivity contribution in [1.82, 2.24) is 15.0 Å². The molecule has 0 N–H and O–H groups in total. The monoisotopic (exact) mass is 955 g/mol. The Morgan fingerprint density at radius 2 is 0.680 bits per heavy atom. The van der Waals surface area contributed by atoms with Crippen LogP contribution in [-0.2, 0) is 5.41 Å². The lowest BCUT2D eigenvalue weighted by Crippen LogP contribution is -2.26. The Balaban J connectivity index is 0.840. The number of furan rings is 2. The highest BCUT2D eigenvalue weighted by atomic mass is 16.3. The van der Waals surface area contributed by atoms with Gasteiger partial charge in [0, 0.05) is 38.2 Å². The van der Waals surface area contributed by atoms with Crippen molar-refractivity contribution in [3.8, 4) is 89.8 Å². The fourth-order valence-corrected chi connectivity index (χ4v) is 12.6. The van der Waals surface area contributed by atoms with Gasteiger partial charge in [0.25, 0.3) is 0 Å². The average molecular weight is 956 g/mol. The first kappa shape index (κ1) is 41.6. The maximum Gasteiger partial charge on any atom is 0.164 e. The summed E-state index contributed by atoms with van der Waals surface area (Å²) in [7, 11) is 0. The van der Waals surface area contributed by atoms with E-state index in [4.69, 9.17) is 23.8 Å². The van der Waals surface area contributed by atoms with Gasteiger partial charge in [-0.25, -0.2) is 15.0 Å². The predicted octanol–water partition coefficient (Wildman–Crippen LogP) is 18.0. The molecule has 0 fully saturated rings. The van der Waals surface area contributed by atoms with Crippen molar-refractivity contribution in [1.29, 1.82) is 0 Å². The fraction of sp³-hybridized carbons (Fsp3) is 0.0143. The lowest BCUT2D eigenvalue weighted by molar-refractivity contribution is 0.668. The van der Waals surface area contributed by atoms with Crippen molar-refractivity contribution < 1.29 is 8.83 Å². The highest BCUT2D eigenvalue weighted by Gasteiger charge is 2.52. The van der Waals surface area contributed by atoms with Crippen molar-refractivity contribution in [3.63, 3.8) is 0 Å². The van der Waals surface area contributed by atoms with E-state index < -0.39 is 5.41 Å². The molecular weight excluding hydrogens is 915 g/mol. The molecule has 0 unspecified atom stereocenters. The maximum atomic E-state index is 6.65. The number of hydrogen-bond donors (Lipinski definition) is 0. The zero-order chi connectivity index (χ0) is 49.2. The van der Waals surface area contributed by atoms with Gasteiger partial charge in [-0.05, 0) is 114 Å². The number of hydrogen-bond acceptors (Lipinski definition) is 5. The van der Waals surface area contributed by atoms with Gasteiger partial charge in [-0.15, -0.1) is 0 Å². The topological polar surface area (TPSA) is 65.0 Å². The normalized spacial score (nSPS) is 12.9. The molecule has 5 nitrogen and oxygen atoms in total. The van der Waals surface area contributed by atoms with Gasteiger partial charge in [0.05, 0.1) is 5.41 Å². The fourth-order valence-electron chi connectivity index (χ4n) is 12.6. The van der Waals surface area contributed by atoms with E-state index in [0.717, 1.165) is 82.8 Å². The van der Waals surface area contributed by atoms with Gasteiger partial charge in [0.2, 0.25) is 0 Å². The summed E-state index contributed by atoms with van der Waals surface area (Å²) in [6.07, 6.45) is 0. The molecule has 0 amide bonds. The molecule has 11 aromatic carbocycles. The molecule has 0 saturated carbocycles. The Morgan fingerprint density at radius 3 is 1.37 bits per heavy atom. The molecule has 14 aromatic rings. The molecular formula is C70H41N3O2. The number of benzene rings is 11. The Bertz CT molecular complexity index is 4600. The average Bonchev–Trinajstić information content (AvgIpc) is 4.24. The molecule has 0 radical (unpaired) electrons. The Morgan fingerprint density at radius 1 is 0.253 bits per heavy atom. The van der Waals surface area contributed by atoms with Crippen LogP contribution in [0.25, 0.3) is 134 Å². The first-order chi connectivity index (χ1) is 37.2. The van der Waals surface area contributed by atoms with E-state index >= 15 is 0 Å². The second kappa shape index (κ2) is 16.0. The van der Waals surface area contributed by atoms with Crippen LogP contribution in [0.3, 0.4) is 0 Å². The van der Waals surface area contributed by atoms with E-state index in [-0.39, 0.29) is 0 Å². The highest BCUT2D eigenvalue weighted by Crippen LogP contribution is 2.64. The van der Waals surface area contributed by atoms with Crippen molar-refractivity contribution in [3.05, 3.63) is 271 Å². The Labute approximate surface area is 431 Å². The Kier molecular flexibility index (Phi) is 8.89. The third-order valence-corrected chi connectivity index (χ3v) is 15.8. The SMILES string of the molecule is c1ccc(-c2cccc(-c3nc(-c4cccc5oc6ccccc6c45)nc(-c4cccc5oc6ccc(-c7ccc(-c8cccc9c8C8(c%10ccccc%10-c%10ccccc%108)c8ccccc8-9)cc7)cc6c45)n3)c2)cc1. The van der Waals surface area contributed by atoms with E-state index in [9.17, 15) is 0 Å². The summed E-state index contributed by atoms with van der Waals surface area (Å²) in [4.78, 5) is 15.9. The summed E-state index contributed by atoms with van der Waals surface area (Å²) < 4.78 is 13.0. The van der Waals surface area contributed by atoms with Crippen LogP contribution >= 0.6 is 0 Å². The van der Waals surface area contributed by atoms with Gasteiger partial charge >= 0.3 is 0 Å². The minimum atomic E-state index is -0.438. The van der Waals surface area contributed by atoms with Crippen molar-refractivity contribution in [2.45, 2.75) is 5.41 Å². The van der Waals surface area contributed by atoms with Crippen LogP contribution in [0.15, 0.2) is 258 Å². The molecule has 0 saturated heterocycles. The lowest BCUT2D eigenvalue weighted by atomic mass is 9.68. The van der Waals surface area contributed by atoms with Gasteiger partial charge in [-0.3, -0.25) is 0 Å². The number of rotatable bonds is 6. The summed E-state index contributed by atoms with van der Waals surface area (Å²) in [5.41, 5.74) is 22.7. The zero-order valence-corrected chi connectivity index (χ0v) is 40.3. The number of fused-ring (bicyclic) bond motifs is 16. The van der Waals surface area contributed by atoms with E-state index in [2.05, 4.69) is 200 Å². The predicted molar refractivity (Wildman–Crippen MR) is 303 cm³/mol. The van der Waals surface area contributed by atoms with E-state index in [0.29, 0.717) is 17.5 Å². The number of aromatic nitrogens is 3. The van der Waals surface area contributed by atoms with Gasteiger partial charge < -0.3 is 8.83 Å². The molecule has 2 aliphatic rings. The molecule has 75 heavy (non-hydrogen) atoms. The summed E-state index contributed by atoms with van der Waals surface area (Å²) in [6.45, 7) is 0. The molecule has 0 atom stereocenters. The highest BCUT2D eigenvalue weighted by molar-refractivity contribution is 6.14. The molecule has 348 valence electrons. The largest absolute Gasteiger partial charge is 0.456 e. The van der Waals surface area contributed by atoms with Gasteiger partial charge in [-0.2, -0.15) is 0 Å². The van der Waals surface area contributed by atoms with Crippen LogP contribution in [0.4, 0.5) is 0 Å². The van der Waals surface area contributed by atoms with Crippen LogP contribution in [-0.4, -0.2) is 15.0 Å². The first-order valence-corrected chi connectivity index (χ1v) is 25.5. The van der Waals surface area contributed by atoms with Crippen LogP contribution in [0.2, 0.25) is 0 Å². The van der Waals surface area contributed by atoms with Crippen molar-refractivity contribution in [2.75, 3.05) is 0 Å². The quantitative estimate of drug-likeness (QED) is 0.166. The van der Waals surface area contributed by atoms with Crippen molar-refractivity contribution in [2.24, 2.45) is 0 Å². The standard InChI is InChI=1S/C70H41N3O2/c1-2-16-42(17-3-1)45-18-12-19-47(40-45)67-71-68(54-26-14-32-62-64(54)53-23-7-11-31-60(53)74-62)73-69(72-67)55-27-15-33-63-65(55)56-41-46(38-39-61(56)75-63)43-34-36-44(37-35-43)48-24-13-25-52-51-22-6-10-30-59(51)70(66(48)52)57-28-8-4-20-49(57)50-21-5-9-29-58(50)70/h1-41H. The van der Waals surface area contributed by atoms with Gasteiger partial charge in [-0.1, -0.05) is 212 Å². The van der Waals surface area contributed by atoms with Crippen LogP contribution in [0, 0.1) is 0 Å². The molecule has 2 aliphatic carbocycles. The second-order valence-corrected chi connectivity index (χ2v) is 19.7. The number of para-hydroxylation sites is 1. The molecule has 3 heterocycles. The summed E-state index contributed by atoms with van der Waals surface area (Å²) in [5, 5.41) is 3.90. The van der Waals surface area contributed by atoms with Gasteiger partial charge in [0.15, 0.2) is 17.5 Å². The number of nitrogens with zero attached hydrogens (tertiary/aromatic N) is 3. The van der Waals surface area contributed by atoms with Crippen molar-refractivity contribution >= 4 is 43.9 Å². The summed E-state index contributed by atoms with van der Waals surface area (Å²) >= 11 is 0. The first-order valence-electron chi connectivity index (χ1n) is 25.5. The van der Waals surface area contributed by atoms with Gasteiger partial charge in [0.1, 0.15) is 22.3 Å². The molecule has 0 bridgehead atoms. The molecule has 1 spiro atoms. The second-order valence-electron chi connectivity index (χ2n) is 19.7. The molecule has 16 rings (SSSR count). The van der Waals surface area contributed by atoms with E-state index in [1.54, 1.807) is 0 Å².